The normalized spacial score (nSPS) is 17.4. The molecular formula is C17H25N7O. The predicted octanol–water partition coefficient (Wildman–Crippen LogP) is 1.16. The highest BCUT2D eigenvalue weighted by atomic mass is 16.2. The van der Waals surface area contributed by atoms with Crippen LogP contribution in [-0.4, -0.2) is 58.9 Å². The van der Waals surface area contributed by atoms with Gasteiger partial charge in [-0.15, -0.1) is 0 Å². The van der Waals surface area contributed by atoms with E-state index in [9.17, 15) is 4.79 Å². The first-order valence-corrected chi connectivity index (χ1v) is 8.65. The number of hydrogen-bond acceptors (Lipinski definition) is 6. The smallest absolute Gasteiger partial charge is 0.272 e. The standard InChI is InChI=1S/C17H25N7O/c1-4-24-9-7-14(21-24)17(25)20-13-6-5-8-23(11-13)16-10-15(22(2)3)18-12-19-16/h7,9-10,12-13H,4-6,8,11H2,1-3H3,(H,20,25). The summed E-state index contributed by atoms with van der Waals surface area (Å²) >= 11 is 0. The molecule has 1 atom stereocenters. The molecule has 1 aliphatic rings. The van der Waals surface area contributed by atoms with Gasteiger partial charge in [0, 0.05) is 52.0 Å². The third-order valence-electron chi connectivity index (χ3n) is 4.37. The Morgan fingerprint density at radius 1 is 1.40 bits per heavy atom. The van der Waals surface area contributed by atoms with Crippen molar-refractivity contribution in [1.82, 2.24) is 25.1 Å². The molecule has 1 fully saturated rings. The van der Waals surface area contributed by atoms with Gasteiger partial charge in [-0.3, -0.25) is 9.48 Å². The average molecular weight is 343 g/mol. The summed E-state index contributed by atoms with van der Waals surface area (Å²) in [7, 11) is 3.92. The van der Waals surface area contributed by atoms with Crippen LogP contribution in [0.4, 0.5) is 11.6 Å². The van der Waals surface area contributed by atoms with E-state index in [4.69, 9.17) is 0 Å². The molecule has 25 heavy (non-hydrogen) atoms. The topological polar surface area (TPSA) is 79.2 Å². The summed E-state index contributed by atoms with van der Waals surface area (Å²) in [5.41, 5.74) is 0.468. The number of nitrogens with one attached hydrogen (secondary N) is 1. The molecule has 8 nitrogen and oxygen atoms in total. The number of carbonyl (C=O) groups excluding carboxylic acids is 1. The Labute approximate surface area is 147 Å². The number of piperidine rings is 1. The summed E-state index contributed by atoms with van der Waals surface area (Å²) in [5, 5.41) is 7.37. The Hall–Kier alpha value is -2.64. The molecule has 0 aromatic carbocycles. The van der Waals surface area contributed by atoms with Crippen LogP contribution in [0.3, 0.4) is 0 Å². The number of amides is 1. The number of nitrogens with zero attached hydrogens (tertiary/aromatic N) is 6. The third kappa shape index (κ3) is 4.07. The quantitative estimate of drug-likeness (QED) is 0.878. The van der Waals surface area contributed by atoms with Gasteiger partial charge < -0.3 is 15.1 Å². The van der Waals surface area contributed by atoms with Gasteiger partial charge in [-0.25, -0.2) is 9.97 Å². The predicted molar refractivity (Wildman–Crippen MR) is 97.0 cm³/mol. The van der Waals surface area contributed by atoms with Crippen LogP contribution in [-0.2, 0) is 6.54 Å². The van der Waals surface area contributed by atoms with E-state index in [0.29, 0.717) is 5.69 Å². The van der Waals surface area contributed by atoms with E-state index in [1.807, 2.05) is 38.2 Å². The van der Waals surface area contributed by atoms with Crippen molar-refractivity contribution < 1.29 is 4.79 Å². The van der Waals surface area contributed by atoms with Gasteiger partial charge in [0.1, 0.15) is 23.7 Å². The lowest BCUT2D eigenvalue weighted by Gasteiger charge is -2.34. The first kappa shape index (κ1) is 17.2. The number of carbonyl (C=O) groups is 1. The SMILES string of the molecule is CCn1ccc(C(=O)NC2CCCN(c3cc(N(C)C)ncn3)C2)n1. The fourth-order valence-electron chi connectivity index (χ4n) is 2.98. The Morgan fingerprint density at radius 2 is 2.24 bits per heavy atom. The van der Waals surface area contributed by atoms with Crippen LogP contribution in [0.1, 0.15) is 30.3 Å². The van der Waals surface area contributed by atoms with Crippen LogP contribution in [0.15, 0.2) is 24.7 Å². The zero-order valence-corrected chi connectivity index (χ0v) is 15.0. The summed E-state index contributed by atoms with van der Waals surface area (Å²) in [6, 6.07) is 3.83. The lowest BCUT2D eigenvalue weighted by Crippen LogP contribution is -2.48. The van der Waals surface area contributed by atoms with Gasteiger partial charge in [-0.2, -0.15) is 5.10 Å². The van der Waals surface area contributed by atoms with Crippen LogP contribution in [0.5, 0.6) is 0 Å². The average Bonchev–Trinajstić information content (AvgIpc) is 3.11. The van der Waals surface area contributed by atoms with Crippen molar-refractivity contribution >= 4 is 17.5 Å². The highest BCUT2D eigenvalue weighted by Crippen LogP contribution is 2.20. The number of anilines is 2. The van der Waals surface area contributed by atoms with Crippen molar-refractivity contribution in [2.24, 2.45) is 0 Å². The van der Waals surface area contributed by atoms with Gasteiger partial charge in [-0.1, -0.05) is 0 Å². The molecule has 2 aromatic heterocycles. The van der Waals surface area contributed by atoms with Crippen molar-refractivity contribution in [1.29, 1.82) is 0 Å². The summed E-state index contributed by atoms with van der Waals surface area (Å²) in [5.74, 6) is 1.66. The first-order valence-electron chi connectivity index (χ1n) is 8.65. The molecule has 3 rings (SSSR count). The molecule has 0 aliphatic carbocycles. The maximum Gasteiger partial charge on any atom is 0.272 e. The largest absolute Gasteiger partial charge is 0.363 e. The van der Waals surface area contributed by atoms with Crippen molar-refractivity contribution in [3.05, 3.63) is 30.4 Å². The molecule has 1 amide bonds. The van der Waals surface area contributed by atoms with Gasteiger partial charge in [0.2, 0.25) is 0 Å². The number of rotatable bonds is 5. The molecule has 0 bridgehead atoms. The lowest BCUT2D eigenvalue weighted by molar-refractivity contribution is 0.0927. The molecule has 1 aliphatic heterocycles. The summed E-state index contributed by atoms with van der Waals surface area (Å²) in [6.07, 6.45) is 5.38. The molecule has 134 valence electrons. The van der Waals surface area contributed by atoms with E-state index >= 15 is 0 Å². The van der Waals surface area contributed by atoms with E-state index in [-0.39, 0.29) is 11.9 Å². The van der Waals surface area contributed by atoms with Crippen LogP contribution < -0.4 is 15.1 Å². The lowest BCUT2D eigenvalue weighted by atomic mass is 10.1. The minimum Gasteiger partial charge on any atom is -0.363 e. The first-order chi connectivity index (χ1) is 12.1. The number of aromatic nitrogens is 4. The molecule has 0 radical (unpaired) electrons. The van der Waals surface area contributed by atoms with Crippen molar-refractivity contribution in [3.8, 4) is 0 Å². The van der Waals surface area contributed by atoms with Crippen LogP contribution in [0, 0.1) is 0 Å². The molecule has 1 unspecified atom stereocenters. The Balaban J connectivity index is 1.64. The molecule has 3 heterocycles. The van der Waals surface area contributed by atoms with Gasteiger partial charge in [0.25, 0.3) is 5.91 Å². The van der Waals surface area contributed by atoms with E-state index in [1.54, 1.807) is 17.1 Å². The van der Waals surface area contributed by atoms with E-state index in [1.165, 1.54) is 0 Å². The minimum atomic E-state index is -0.115. The molecule has 1 N–H and O–H groups in total. The second kappa shape index (κ2) is 7.50. The van der Waals surface area contributed by atoms with Gasteiger partial charge in [0.05, 0.1) is 0 Å². The van der Waals surface area contributed by atoms with E-state index < -0.39 is 0 Å². The van der Waals surface area contributed by atoms with E-state index in [2.05, 4.69) is 25.3 Å². The third-order valence-corrected chi connectivity index (χ3v) is 4.37. The Morgan fingerprint density at radius 3 is 2.96 bits per heavy atom. The number of aryl methyl sites for hydroxylation is 1. The molecular weight excluding hydrogens is 318 g/mol. The number of hydrogen-bond donors (Lipinski definition) is 1. The van der Waals surface area contributed by atoms with Crippen molar-refractivity contribution in [2.45, 2.75) is 32.4 Å². The molecule has 2 aromatic rings. The maximum absolute atomic E-state index is 12.4. The van der Waals surface area contributed by atoms with Crippen LogP contribution in [0.2, 0.25) is 0 Å². The van der Waals surface area contributed by atoms with Crippen LogP contribution in [0.25, 0.3) is 0 Å². The minimum absolute atomic E-state index is 0.0887. The summed E-state index contributed by atoms with van der Waals surface area (Å²) in [4.78, 5) is 25.2. The van der Waals surface area contributed by atoms with Crippen LogP contribution >= 0.6 is 0 Å². The van der Waals surface area contributed by atoms with E-state index in [0.717, 1.165) is 44.1 Å². The van der Waals surface area contributed by atoms with Gasteiger partial charge in [-0.05, 0) is 25.8 Å². The van der Waals surface area contributed by atoms with Crippen molar-refractivity contribution in [3.63, 3.8) is 0 Å². The second-order valence-electron chi connectivity index (χ2n) is 6.44. The molecule has 8 heteroatoms. The van der Waals surface area contributed by atoms with Gasteiger partial charge >= 0.3 is 0 Å². The fourth-order valence-corrected chi connectivity index (χ4v) is 2.98. The second-order valence-corrected chi connectivity index (χ2v) is 6.44. The monoisotopic (exact) mass is 343 g/mol. The molecule has 0 saturated carbocycles. The summed E-state index contributed by atoms with van der Waals surface area (Å²) < 4.78 is 1.76. The van der Waals surface area contributed by atoms with Gasteiger partial charge in [0.15, 0.2) is 0 Å². The highest BCUT2D eigenvalue weighted by Gasteiger charge is 2.24. The highest BCUT2D eigenvalue weighted by molar-refractivity contribution is 5.92. The van der Waals surface area contributed by atoms with Crippen molar-refractivity contribution in [2.75, 3.05) is 37.0 Å². The maximum atomic E-state index is 12.4. The Kier molecular flexibility index (Phi) is 5.16. The zero-order valence-electron chi connectivity index (χ0n) is 15.0. The molecule has 0 spiro atoms. The zero-order chi connectivity index (χ0) is 17.8. The summed E-state index contributed by atoms with van der Waals surface area (Å²) in [6.45, 7) is 4.43. The molecule has 1 saturated heterocycles. The Bertz CT molecular complexity index is 727. The fraction of sp³-hybridized carbons (Fsp3) is 0.529.